The first-order valence-electron chi connectivity index (χ1n) is 6.81. The van der Waals surface area contributed by atoms with Crippen molar-refractivity contribution in [2.75, 3.05) is 11.8 Å². The van der Waals surface area contributed by atoms with E-state index in [0.717, 1.165) is 12.1 Å². The van der Waals surface area contributed by atoms with Gasteiger partial charge in [0.2, 0.25) is 0 Å². The topological polar surface area (TPSA) is 68.3 Å². The lowest BCUT2D eigenvalue weighted by Gasteiger charge is -2.12. The van der Waals surface area contributed by atoms with Crippen LogP contribution in [0.2, 0.25) is 5.02 Å². The first-order valence-corrected chi connectivity index (χ1v) is 8.67. The Kier molecular flexibility index (Phi) is 4.29. The zero-order valence-corrected chi connectivity index (χ0v) is 14.0. The first kappa shape index (κ1) is 16.5. The average Bonchev–Trinajstić information content (AvgIpc) is 2.54. The molecule has 124 valence electrons. The zero-order valence-electron chi connectivity index (χ0n) is 12.5. The van der Waals surface area contributed by atoms with Crippen LogP contribution >= 0.6 is 11.6 Å². The van der Waals surface area contributed by atoms with E-state index in [-0.39, 0.29) is 10.7 Å². The van der Waals surface area contributed by atoms with Crippen molar-refractivity contribution in [3.05, 3.63) is 59.5 Å². The van der Waals surface area contributed by atoms with Gasteiger partial charge in [-0.1, -0.05) is 17.7 Å². The molecule has 24 heavy (non-hydrogen) atoms. The minimum absolute atomic E-state index is 0.111. The number of nitrogens with zero attached hydrogens (tertiary/aromatic N) is 1. The SMILES string of the molecule is COc1cc(NS(=O)(=O)c2ccc(Cl)cc2F)c2ncccc2c1. The van der Waals surface area contributed by atoms with E-state index in [0.29, 0.717) is 16.7 Å². The van der Waals surface area contributed by atoms with Crippen LogP contribution in [-0.4, -0.2) is 20.5 Å². The molecule has 1 heterocycles. The molecule has 0 radical (unpaired) electrons. The number of methoxy groups -OCH3 is 1. The highest BCUT2D eigenvalue weighted by atomic mass is 35.5. The zero-order chi connectivity index (χ0) is 17.3. The lowest BCUT2D eigenvalue weighted by molar-refractivity contribution is 0.415. The molecule has 0 unspecified atom stereocenters. The summed E-state index contributed by atoms with van der Waals surface area (Å²) in [6.07, 6.45) is 1.54. The first-order chi connectivity index (χ1) is 11.4. The van der Waals surface area contributed by atoms with Gasteiger partial charge >= 0.3 is 0 Å². The number of aromatic nitrogens is 1. The molecule has 8 heteroatoms. The number of nitrogens with one attached hydrogen (secondary N) is 1. The van der Waals surface area contributed by atoms with Crippen LogP contribution in [0.3, 0.4) is 0 Å². The number of sulfonamides is 1. The standard InChI is InChI=1S/C16H12ClFN2O3S/c1-23-12-7-10-3-2-6-19-16(10)14(9-12)20-24(21,22)15-5-4-11(17)8-13(15)18/h2-9,20H,1H3. The van der Waals surface area contributed by atoms with Crippen molar-refractivity contribution < 1.29 is 17.5 Å². The van der Waals surface area contributed by atoms with Gasteiger partial charge in [0.1, 0.15) is 16.5 Å². The number of fused-ring (bicyclic) bond motifs is 1. The third kappa shape index (κ3) is 3.13. The fraction of sp³-hybridized carbons (Fsp3) is 0.0625. The van der Waals surface area contributed by atoms with Crippen molar-refractivity contribution in [1.82, 2.24) is 4.98 Å². The van der Waals surface area contributed by atoms with E-state index >= 15 is 0 Å². The van der Waals surface area contributed by atoms with Crippen LogP contribution in [0.15, 0.2) is 53.6 Å². The van der Waals surface area contributed by atoms with E-state index in [1.807, 2.05) is 0 Å². The number of ether oxygens (including phenoxy) is 1. The predicted molar refractivity (Wildman–Crippen MR) is 90.5 cm³/mol. The number of hydrogen-bond acceptors (Lipinski definition) is 4. The van der Waals surface area contributed by atoms with Crippen LogP contribution in [-0.2, 0) is 10.0 Å². The molecule has 0 spiro atoms. The maximum atomic E-state index is 14.0. The molecule has 0 fully saturated rings. The van der Waals surface area contributed by atoms with E-state index in [1.54, 1.807) is 18.2 Å². The summed E-state index contributed by atoms with van der Waals surface area (Å²) in [6, 6.07) is 10.1. The van der Waals surface area contributed by atoms with Crippen LogP contribution in [0.1, 0.15) is 0 Å². The lowest BCUT2D eigenvalue weighted by Crippen LogP contribution is -2.15. The molecule has 0 aliphatic rings. The van der Waals surface area contributed by atoms with Gasteiger partial charge < -0.3 is 4.74 Å². The number of benzene rings is 2. The van der Waals surface area contributed by atoms with Crippen LogP contribution in [0.5, 0.6) is 5.75 Å². The number of pyridine rings is 1. The fourth-order valence-electron chi connectivity index (χ4n) is 2.25. The van der Waals surface area contributed by atoms with Crippen molar-refractivity contribution >= 4 is 38.2 Å². The van der Waals surface area contributed by atoms with E-state index in [9.17, 15) is 12.8 Å². The van der Waals surface area contributed by atoms with Gasteiger partial charge in [0.05, 0.1) is 18.3 Å². The molecule has 0 amide bonds. The van der Waals surface area contributed by atoms with E-state index in [1.165, 1.54) is 25.4 Å². The molecule has 0 aliphatic carbocycles. The minimum atomic E-state index is -4.16. The van der Waals surface area contributed by atoms with Crippen molar-refractivity contribution in [3.8, 4) is 5.75 Å². The Balaban J connectivity index is 2.11. The Hall–Kier alpha value is -2.38. The number of rotatable bonds is 4. The highest BCUT2D eigenvalue weighted by molar-refractivity contribution is 7.92. The molecular formula is C16H12ClFN2O3S. The molecule has 1 N–H and O–H groups in total. The molecule has 0 saturated heterocycles. The van der Waals surface area contributed by atoms with Crippen molar-refractivity contribution in [2.45, 2.75) is 4.90 Å². The predicted octanol–water partition coefficient (Wildman–Crippen LogP) is 3.84. The van der Waals surface area contributed by atoms with Gasteiger partial charge in [-0.2, -0.15) is 0 Å². The number of anilines is 1. The Morgan fingerprint density at radius 2 is 2.00 bits per heavy atom. The van der Waals surface area contributed by atoms with E-state index < -0.39 is 20.7 Å². The lowest BCUT2D eigenvalue weighted by atomic mass is 10.2. The number of halogens is 2. The van der Waals surface area contributed by atoms with Crippen LogP contribution in [0, 0.1) is 5.82 Å². The van der Waals surface area contributed by atoms with Crippen LogP contribution in [0.4, 0.5) is 10.1 Å². The minimum Gasteiger partial charge on any atom is -0.497 e. The summed E-state index contributed by atoms with van der Waals surface area (Å²) in [5.41, 5.74) is 0.621. The van der Waals surface area contributed by atoms with E-state index in [4.69, 9.17) is 16.3 Å². The normalized spacial score (nSPS) is 11.5. The Morgan fingerprint density at radius 1 is 1.21 bits per heavy atom. The summed E-state index contributed by atoms with van der Waals surface area (Å²) in [7, 11) is -2.69. The Morgan fingerprint density at radius 3 is 2.71 bits per heavy atom. The van der Waals surface area contributed by atoms with E-state index in [2.05, 4.69) is 9.71 Å². The van der Waals surface area contributed by atoms with Crippen molar-refractivity contribution in [1.29, 1.82) is 0 Å². The molecule has 0 saturated carbocycles. The second-order valence-corrected chi connectivity index (χ2v) is 7.02. The highest BCUT2D eigenvalue weighted by Gasteiger charge is 2.21. The van der Waals surface area contributed by atoms with Gasteiger partial charge in [-0.3, -0.25) is 9.71 Å². The van der Waals surface area contributed by atoms with Gasteiger partial charge in [0.15, 0.2) is 0 Å². The molecule has 0 aliphatic heterocycles. The third-order valence-electron chi connectivity index (χ3n) is 3.34. The second-order valence-electron chi connectivity index (χ2n) is 4.93. The van der Waals surface area contributed by atoms with Crippen molar-refractivity contribution in [3.63, 3.8) is 0 Å². The molecular weight excluding hydrogens is 355 g/mol. The molecule has 3 rings (SSSR count). The summed E-state index contributed by atoms with van der Waals surface area (Å²) < 4.78 is 46.5. The summed E-state index contributed by atoms with van der Waals surface area (Å²) in [5, 5.41) is 0.797. The van der Waals surface area contributed by atoms with Gasteiger partial charge in [-0.15, -0.1) is 0 Å². The highest BCUT2D eigenvalue weighted by Crippen LogP contribution is 2.30. The Bertz CT molecular complexity index is 1030. The van der Waals surface area contributed by atoms with Gasteiger partial charge in [-0.05, 0) is 30.3 Å². The molecule has 0 bridgehead atoms. The summed E-state index contributed by atoms with van der Waals surface area (Å²) in [6.45, 7) is 0. The smallest absolute Gasteiger partial charge is 0.264 e. The van der Waals surface area contributed by atoms with Gasteiger partial charge in [-0.25, -0.2) is 12.8 Å². The van der Waals surface area contributed by atoms with Crippen molar-refractivity contribution in [2.24, 2.45) is 0 Å². The second kappa shape index (κ2) is 6.26. The molecule has 2 aromatic carbocycles. The molecule has 5 nitrogen and oxygen atoms in total. The van der Waals surface area contributed by atoms with Gasteiger partial charge in [0.25, 0.3) is 10.0 Å². The van der Waals surface area contributed by atoms with Crippen LogP contribution in [0.25, 0.3) is 10.9 Å². The third-order valence-corrected chi connectivity index (χ3v) is 4.98. The Labute approximate surface area is 143 Å². The summed E-state index contributed by atoms with van der Waals surface area (Å²) >= 11 is 5.66. The molecule has 0 atom stereocenters. The fourth-order valence-corrected chi connectivity index (χ4v) is 3.53. The largest absolute Gasteiger partial charge is 0.497 e. The maximum absolute atomic E-state index is 14.0. The molecule has 1 aromatic heterocycles. The summed E-state index contributed by atoms with van der Waals surface area (Å²) in [4.78, 5) is 3.67. The molecule has 3 aromatic rings. The quantitative estimate of drug-likeness (QED) is 0.761. The number of hydrogen-bond donors (Lipinski definition) is 1. The monoisotopic (exact) mass is 366 g/mol. The van der Waals surface area contributed by atoms with Gasteiger partial charge in [0, 0.05) is 22.7 Å². The maximum Gasteiger partial charge on any atom is 0.264 e. The summed E-state index contributed by atoms with van der Waals surface area (Å²) in [5.74, 6) is -0.486. The average molecular weight is 367 g/mol. The van der Waals surface area contributed by atoms with Crippen LogP contribution < -0.4 is 9.46 Å².